The number of urea groups is 1. The number of halogens is 4. The van der Waals surface area contributed by atoms with Gasteiger partial charge < -0.3 is 25.6 Å². The first-order valence-corrected chi connectivity index (χ1v) is 10.2. The molecule has 0 fully saturated rings. The summed E-state index contributed by atoms with van der Waals surface area (Å²) in [7, 11) is 1.13. The normalized spacial score (nSPS) is 19.1. The third-order valence-electron chi connectivity index (χ3n) is 5.62. The van der Waals surface area contributed by atoms with E-state index in [-0.39, 0.29) is 23.4 Å². The zero-order valence-corrected chi connectivity index (χ0v) is 18.5. The van der Waals surface area contributed by atoms with Crippen molar-refractivity contribution >= 4 is 11.7 Å². The Balaban J connectivity index is 1.91. The van der Waals surface area contributed by atoms with E-state index in [0.29, 0.717) is 11.1 Å². The van der Waals surface area contributed by atoms with E-state index in [1.165, 1.54) is 24.3 Å². The highest BCUT2D eigenvalue weighted by Gasteiger charge is 2.42. The smallest absolute Gasteiger partial charge is 0.418 e. The Morgan fingerprint density at radius 2 is 1.88 bits per heavy atom. The molecule has 6 nitrogen and oxygen atoms in total. The molecule has 33 heavy (non-hydrogen) atoms. The standard InChI is InChI=1S/C23H26F4N2O4/c1-22(2,3)12-9-13(20(31)23(25,26)27)19(33-4)16(10-12)29-21(32)28-15-8-11-6-5-7-14(24)17(11)18(15)30/h5-7,9-10,15,18,20,30-31H,8H2,1-4H3,(H2,28,29,32)/t15-,18-,20+/m0/s1. The van der Waals surface area contributed by atoms with Crippen LogP contribution in [0, 0.1) is 5.82 Å². The fraction of sp³-hybridized carbons (Fsp3) is 0.435. The Kier molecular flexibility index (Phi) is 6.63. The molecule has 0 unspecified atom stereocenters. The van der Waals surface area contributed by atoms with Gasteiger partial charge in [0.2, 0.25) is 0 Å². The summed E-state index contributed by atoms with van der Waals surface area (Å²) >= 11 is 0. The predicted octanol–water partition coefficient (Wildman–Crippen LogP) is 4.51. The molecule has 0 heterocycles. The minimum atomic E-state index is -4.95. The first-order chi connectivity index (χ1) is 15.2. The summed E-state index contributed by atoms with van der Waals surface area (Å²) in [6, 6.07) is 5.34. The molecule has 0 saturated heterocycles. The average molecular weight is 470 g/mol. The van der Waals surface area contributed by atoms with Crippen LogP contribution in [-0.2, 0) is 11.8 Å². The van der Waals surface area contributed by atoms with Crippen molar-refractivity contribution in [2.24, 2.45) is 0 Å². The third kappa shape index (κ3) is 5.06. The van der Waals surface area contributed by atoms with Crippen molar-refractivity contribution in [2.45, 2.75) is 57.0 Å². The number of methoxy groups -OCH3 is 1. The van der Waals surface area contributed by atoms with Crippen molar-refractivity contribution in [3.63, 3.8) is 0 Å². The maximum absolute atomic E-state index is 14.0. The number of aliphatic hydroxyl groups excluding tert-OH is 2. The molecule has 3 atom stereocenters. The summed E-state index contributed by atoms with van der Waals surface area (Å²) in [5, 5.41) is 25.3. The summed E-state index contributed by atoms with van der Waals surface area (Å²) in [5.74, 6) is -0.931. The third-order valence-corrected chi connectivity index (χ3v) is 5.62. The van der Waals surface area contributed by atoms with Crippen LogP contribution in [0.25, 0.3) is 0 Å². The predicted molar refractivity (Wildman–Crippen MR) is 114 cm³/mol. The Morgan fingerprint density at radius 3 is 2.42 bits per heavy atom. The fourth-order valence-electron chi connectivity index (χ4n) is 3.88. The molecular weight excluding hydrogens is 444 g/mol. The Hall–Kier alpha value is -2.85. The fourth-order valence-corrected chi connectivity index (χ4v) is 3.88. The van der Waals surface area contributed by atoms with E-state index in [2.05, 4.69) is 10.6 Å². The number of amides is 2. The number of hydrogen-bond acceptors (Lipinski definition) is 4. The van der Waals surface area contributed by atoms with Crippen LogP contribution in [0.4, 0.5) is 28.0 Å². The van der Waals surface area contributed by atoms with Gasteiger partial charge in [0.15, 0.2) is 6.10 Å². The van der Waals surface area contributed by atoms with Gasteiger partial charge in [-0.3, -0.25) is 0 Å². The molecule has 180 valence electrons. The monoisotopic (exact) mass is 470 g/mol. The number of nitrogens with one attached hydrogen (secondary N) is 2. The largest absolute Gasteiger partial charge is 0.494 e. The topological polar surface area (TPSA) is 90.8 Å². The molecule has 0 radical (unpaired) electrons. The lowest BCUT2D eigenvalue weighted by Gasteiger charge is -2.26. The highest BCUT2D eigenvalue weighted by atomic mass is 19.4. The molecule has 2 aromatic carbocycles. The molecule has 0 saturated carbocycles. The van der Waals surface area contributed by atoms with Gasteiger partial charge in [0.1, 0.15) is 17.7 Å². The van der Waals surface area contributed by atoms with Gasteiger partial charge in [0.25, 0.3) is 0 Å². The van der Waals surface area contributed by atoms with E-state index < -0.39 is 47.3 Å². The molecule has 2 amide bonds. The van der Waals surface area contributed by atoms with Gasteiger partial charge in [-0.1, -0.05) is 32.9 Å². The van der Waals surface area contributed by atoms with E-state index in [1.807, 2.05) is 0 Å². The summed E-state index contributed by atoms with van der Waals surface area (Å²) in [5.41, 5.74) is -0.159. The van der Waals surface area contributed by atoms with Crippen LogP contribution < -0.4 is 15.4 Å². The minimum Gasteiger partial charge on any atom is -0.494 e. The SMILES string of the molecule is COc1c(NC(=O)N[C@H]2Cc3cccc(F)c3[C@H]2O)cc(C(C)(C)C)cc1[C@@H](O)C(F)(F)F. The minimum absolute atomic E-state index is 0.0862. The number of hydrogen-bond donors (Lipinski definition) is 4. The quantitative estimate of drug-likeness (QED) is 0.495. The molecule has 0 aromatic heterocycles. The molecular formula is C23H26F4N2O4. The molecule has 10 heteroatoms. The second-order valence-corrected chi connectivity index (χ2v) is 9.01. The molecule has 0 spiro atoms. The Morgan fingerprint density at radius 1 is 1.21 bits per heavy atom. The maximum Gasteiger partial charge on any atom is 0.418 e. The van der Waals surface area contributed by atoms with Gasteiger partial charge >= 0.3 is 12.2 Å². The van der Waals surface area contributed by atoms with Crippen LogP contribution in [0.2, 0.25) is 0 Å². The number of anilines is 1. The second kappa shape index (κ2) is 8.83. The number of carbonyl (C=O) groups is 1. The van der Waals surface area contributed by atoms with Crippen LogP contribution >= 0.6 is 0 Å². The lowest BCUT2D eigenvalue weighted by molar-refractivity contribution is -0.207. The first-order valence-electron chi connectivity index (χ1n) is 10.2. The number of alkyl halides is 3. The van der Waals surface area contributed by atoms with Crippen molar-refractivity contribution in [1.82, 2.24) is 5.32 Å². The second-order valence-electron chi connectivity index (χ2n) is 9.01. The van der Waals surface area contributed by atoms with Crippen molar-refractivity contribution in [2.75, 3.05) is 12.4 Å². The molecule has 0 bridgehead atoms. The number of rotatable bonds is 4. The summed E-state index contributed by atoms with van der Waals surface area (Å²) in [4.78, 5) is 12.7. The number of aliphatic hydroxyl groups is 2. The van der Waals surface area contributed by atoms with Crippen molar-refractivity contribution < 1.29 is 37.3 Å². The zero-order valence-electron chi connectivity index (χ0n) is 18.5. The summed E-state index contributed by atoms with van der Waals surface area (Å²) < 4.78 is 59.0. The van der Waals surface area contributed by atoms with E-state index in [4.69, 9.17) is 4.74 Å². The number of benzene rings is 2. The lowest BCUT2D eigenvalue weighted by atomic mass is 9.84. The average Bonchev–Trinajstić information content (AvgIpc) is 3.01. The zero-order chi connectivity index (χ0) is 24.7. The van der Waals surface area contributed by atoms with Gasteiger partial charge in [-0.25, -0.2) is 9.18 Å². The Labute approximate surface area is 188 Å². The summed E-state index contributed by atoms with van der Waals surface area (Å²) in [6.07, 6.45) is -8.88. The number of fused-ring (bicyclic) bond motifs is 1. The van der Waals surface area contributed by atoms with Crippen LogP contribution in [0.3, 0.4) is 0 Å². The van der Waals surface area contributed by atoms with Crippen LogP contribution in [-0.4, -0.2) is 35.6 Å². The van der Waals surface area contributed by atoms with Crippen LogP contribution in [0.1, 0.15) is 55.2 Å². The molecule has 3 rings (SSSR count). The maximum atomic E-state index is 14.0. The van der Waals surface area contributed by atoms with Gasteiger partial charge in [0, 0.05) is 11.1 Å². The van der Waals surface area contributed by atoms with Crippen molar-refractivity contribution in [3.8, 4) is 5.75 Å². The molecule has 1 aliphatic rings. The van der Waals surface area contributed by atoms with Crippen LogP contribution in [0.15, 0.2) is 30.3 Å². The van der Waals surface area contributed by atoms with E-state index >= 15 is 0 Å². The van der Waals surface area contributed by atoms with Crippen molar-refractivity contribution in [1.29, 1.82) is 0 Å². The molecule has 2 aromatic rings. The molecule has 4 N–H and O–H groups in total. The number of carbonyl (C=O) groups excluding carboxylic acids is 1. The lowest BCUT2D eigenvalue weighted by Crippen LogP contribution is -2.40. The molecule has 0 aliphatic heterocycles. The first kappa shape index (κ1) is 24.8. The molecule has 1 aliphatic carbocycles. The van der Waals surface area contributed by atoms with E-state index in [9.17, 15) is 32.6 Å². The van der Waals surface area contributed by atoms with Gasteiger partial charge in [-0.05, 0) is 41.2 Å². The van der Waals surface area contributed by atoms with Crippen molar-refractivity contribution in [3.05, 3.63) is 58.4 Å². The highest BCUT2D eigenvalue weighted by Crippen LogP contribution is 2.43. The van der Waals surface area contributed by atoms with Crippen LogP contribution in [0.5, 0.6) is 5.75 Å². The highest BCUT2D eigenvalue weighted by molar-refractivity contribution is 5.92. The van der Waals surface area contributed by atoms with Gasteiger partial charge in [-0.2, -0.15) is 13.2 Å². The van der Waals surface area contributed by atoms with E-state index in [1.54, 1.807) is 26.8 Å². The number of ether oxygens (including phenoxy) is 1. The van der Waals surface area contributed by atoms with Gasteiger partial charge in [-0.15, -0.1) is 0 Å². The van der Waals surface area contributed by atoms with E-state index in [0.717, 1.165) is 7.11 Å². The Bertz CT molecular complexity index is 1050. The van der Waals surface area contributed by atoms with Gasteiger partial charge in [0.05, 0.1) is 18.8 Å². The summed E-state index contributed by atoms with van der Waals surface area (Å²) in [6.45, 7) is 5.30.